The standard InChI is InChI=1S/C23H19ClN4O3S/c1-17-7-12-20(13-22(17)24)28(32(30,31)21-5-3-2-4-6-21)16-23(29)27-26-15-19-10-8-18(14-25)9-11-19/h2-13,15H,16H2,1H3,(H,27,29)/b26-15-. The summed E-state index contributed by atoms with van der Waals surface area (Å²) >= 11 is 6.20. The van der Waals surface area contributed by atoms with Crippen LogP contribution in [0, 0.1) is 18.3 Å². The average molecular weight is 467 g/mol. The van der Waals surface area contributed by atoms with Gasteiger partial charge in [-0.2, -0.15) is 10.4 Å². The first-order chi connectivity index (χ1) is 15.3. The number of aryl methyl sites for hydroxylation is 1. The molecule has 9 heteroatoms. The molecular formula is C23H19ClN4O3S. The maximum atomic E-state index is 13.3. The topological polar surface area (TPSA) is 103 Å². The molecule has 32 heavy (non-hydrogen) atoms. The summed E-state index contributed by atoms with van der Waals surface area (Å²) in [5, 5.41) is 13.1. The molecule has 0 unspecified atom stereocenters. The van der Waals surface area contributed by atoms with Gasteiger partial charge in [-0.15, -0.1) is 0 Å². The van der Waals surface area contributed by atoms with Crippen LogP contribution in [0.5, 0.6) is 0 Å². The Morgan fingerprint density at radius 3 is 2.44 bits per heavy atom. The van der Waals surface area contributed by atoms with Crippen molar-refractivity contribution < 1.29 is 13.2 Å². The van der Waals surface area contributed by atoms with Crippen LogP contribution in [0.1, 0.15) is 16.7 Å². The second-order valence-electron chi connectivity index (χ2n) is 6.79. The maximum Gasteiger partial charge on any atom is 0.264 e. The molecule has 7 nitrogen and oxygen atoms in total. The second-order valence-corrected chi connectivity index (χ2v) is 9.05. The van der Waals surface area contributed by atoms with E-state index in [0.717, 1.165) is 9.87 Å². The molecule has 162 valence electrons. The van der Waals surface area contributed by atoms with Crippen molar-refractivity contribution in [3.05, 3.63) is 94.5 Å². The number of benzene rings is 3. The summed E-state index contributed by atoms with van der Waals surface area (Å²) in [4.78, 5) is 12.6. The van der Waals surface area contributed by atoms with Gasteiger partial charge < -0.3 is 0 Å². The summed E-state index contributed by atoms with van der Waals surface area (Å²) in [6.45, 7) is 1.30. The lowest BCUT2D eigenvalue weighted by Crippen LogP contribution is -2.39. The van der Waals surface area contributed by atoms with Gasteiger partial charge in [0.2, 0.25) is 0 Å². The summed E-state index contributed by atoms with van der Waals surface area (Å²) in [5.41, 5.74) is 4.55. The number of hydrazone groups is 1. The summed E-state index contributed by atoms with van der Waals surface area (Å²) in [5.74, 6) is -0.633. The Morgan fingerprint density at radius 2 is 1.81 bits per heavy atom. The minimum Gasteiger partial charge on any atom is -0.271 e. The second kappa shape index (κ2) is 10.1. The predicted octanol–water partition coefficient (Wildman–Crippen LogP) is 3.87. The van der Waals surface area contributed by atoms with E-state index in [1.807, 2.05) is 6.07 Å². The summed E-state index contributed by atoms with van der Waals surface area (Å²) in [6, 6.07) is 21.2. The summed E-state index contributed by atoms with van der Waals surface area (Å²) in [6.07, 6.45) is 1.40. The monoisotopic (exact) mass is 466 g/mol. The zero-order chi connectivity index (χ0) is 23.1. The first kappa shape index (κ1) is 23.0. The molecule has 0 atom stereocenters. The number of rotatable bonds is 7. The molecular weight excluding hydrogens is 448 g/mol. The fourth-order valence-corrected chi connectivity index (χ4v) is 4.37. The van der Waals surface area contributed by atoms with Crippen molar-refractivity contribution in [1.82, 2.24) is 5.43 Å². The van der Waals surface area contributed by atoms with Gasteiger partial charge in [-0.3, -0.25) is 9.10 Å². The minimum absolute atomic E-state index is 0.0468. The quantitative estimate of drug-likeness (QED) is 0.421. The number of anilines is 1. The zero-order valence-electron chi connectivity index (χ0n) is 17.1. The van der Waals surface area contributed by atoms with Gasteiger partial charge in [-0.25, -0.2) is 13.8 Å². The Morgan fingerprint density at radius 1 is 1.12 bits per heavy atom. The lowest BCUT2D eigenvalue weighted by molar-refractivity contribution is -0.119. The molecule has 0 heterocycles. The van der Waals surface area contributed by atoms with E-state index in [4.69, 9.17) is 16.9 Å². The Kier molecular flexibility index (Phi) is 7.25. The average Bonchev–Trinajstić information content (AvgIpc) is 2.80. The number of halogens is 1. The van der Waals surface area contributed by atoms with Crippen LogP contribution in [-0.2, 0) is 14.8 Å². The number of sulfonamides is 1. The molecule has 0 aliphatic carbocycles. The van der Waals surface area contributed by atoms with Gasteiger partial charge in [0, 0.05) is 5.02 Å². The first-order valence-electron chi connectivity index (χ1n) is 9.47. The van der Waals surface area contributed by atoms with E-state index in [2.05, 4.69) is 10.5 Å². The van der Waals surface area contributed by atoms with Crippen LogP contribution in [0.15, 0.2) is 82.8 Å². The third-order valence-corrected chi connectivity index (χ3v) is 6.70. The number of hydrogen-bond donors (Lipinski definition) is 1. The lowest BCUT2D eigenvalue weighted by atomic mass is 10.2. The summed E-state index contributed by atoms with van der Waals surface area (Å²) < 4.78 is 27.5. The number of nitriles is 1. The van der Waals surface area contributed by atoms with E-state index in [-0.39, 0.29) is 10.6 Å². The van der Waals surface area contributed by atoms with E-state index in [1.54, 1.807) is 61.5 Å². The predicted molar refractivity (Wildman–Crippen MR) is 124 cm³/mol. The van der Waals surface area contributed by atoms with Crippen LogP contribution < -0.4 is 9.73 Å². The van der Waals surface area contributed by atoms with Crippen molar-refractivity contribution in [2.24, 2.45) is 5.10 Å². The molecule has 1 amide bonds. The van der Waals surface area contributed by atoms with Crippen LogP contribution in [0.2, 0.25) is 5.02 Å². The zero-order valence-corrected chi connectivity index (χ0v) is 18.6. The van der Waals surface area contributed by atoms with Gasteiger partial charge in [0.1, 0.15) is 6.54 Å². The van der Waals surface area contributed by atoms with Crippen molar-refractivity contribution in [3.8, 4) is 6.07 Å². The lowest BCUT2D eigenvalue weighted by Gasteiger charge is -2.24. The molecule has 0 spiro atoms. The smallest absolute Gasteiger partial charge is 0.264 e. The molecule has 0 saturated heterocycles. The van der Waals surface area contributed by atoms with E-state index in [1.165, 1.54) is 24.4 Å². The van der Waals surface area contributed by atoms with Crippen molar-refractivity contribution in [2.45, 2.75) is 11.8 Å². The largest absolute Gasteiger partial charge is 0.271 e. The van der Waals surface area contributed by atoms with E-state index in [9.17, 15) is 13.2 Å². The number of hydrogen-bond acceptors (Lipinski definition) is 5. The number of carbonyl (C=O) groups is 1. The highest BCUT2D eigenvalue weighted by Crippen LogP contribution is 2.27. The Balaban J connectivity index is 1.83. The van der Waals surface area contributed by atoms with Crippen molar-refractivity contribution in [1.29, 1.82) is 5.26 Å². The molecule has 1 N–H and O–H groups in total. The van der Waals surface area contributed by atoms with E-state index in [0.29, 0.717) is 16.1 Å². The molecule has 0 aliphatic rings. The van der Waals surface area contributed by atoms with Gasteiger partial charge in [0.05, 0.1) is 28.4 Å². The van der Waals surface area contributed by atoms with Crippen LogP contribution in [0.3, 0.4) is 0 Å². The van der Waals surface area contributed by atoms with E-state index >= 15 is 0 Å². The third-order valence-electron chi connectivity index (χ3n) is 4.50. The van der Waals surface area contributed by atoms with Crippen LogP contribution in [-0.4, -0.2) is 27.1 Å². The van der Waals surface area contributed by atoms with E-state index < -0.39 is 22.5 Å². The van der Waals surface area contributed by atoms with Crippen LogP contribution in [0.4, 0.5) is 5.69 Å². The Labute approximate surface area is 191 Å². The van der Waals surface area contributed by atoms with Crippen molar-refractivity contribution >= 4 is 39.4 Å². The Bertz CT molecular complexity index is 1290. The van der Waals surface area contributed by atoms with Crippen LogP contribution >= 0.6 is 11.6 Å². The fraction of sp³-hybridized carbons (Fsp3) is 0.0870. The molecule has 0 aromatic heterocycles. The third kappa shape index (κ3) is 5.52. The normalized spacial score (nSPS) is 11.2. The summed E-state index contributed by atoms with van der Waals surface area (Å²) in [7, 11) is -4.03. The highest BCUT2D eigenvalue weighted by Gasteiger charge is 2.27. The minimum atomic E-state index is -4.03. The maximum absolute atomic E-state index is 13.3. The molecule has 3 rings (SSSR count). The number of amides is 1. The van der Waals surface area contributed by atoms with Gasteiger partial charge in [-0.05, 0) is 54.4 Å². The molecule has 3 aromatic carbocycles. The molecule has 0 bridgehead atoms. The van der Waals surface area contributed by atoms with Gasteiger partial charge in [-0.1, -0.05) is 48.0 Å². The van der Waals surface area contributed by atoms with Crippen molar-refractivity contribution in [2.75, 3.05) is 10.8 Å². The molecule has 0 radical (unpaired) electrons. The number of nitrogens with zero attached hydrogens (tertiary/aromatic N) is 3. The highest BCUT2D eigenvalue weighted by molar-refractivity contribution is 7.92. The fourth-order valence-electron chi connectivity index (χ4n) is 2.76. The Hall–Kier alpha value is -3.67. The van der Waals surface area contributed by atoms with Gasteiger partial charge in [0.15, 0.2) is 0 Å². The van der Waals surface area contributed by atoms with Gasteiger partial charge >= 0.3 is 0 Å². The molecule has 0 fully saturated rings. The molecule has 0 aliphatic heterocycles. The number of carbonyl (C=O) groups excluding carboxylic acids is 1. The molecule has 3 aromatic rings. The van der Waals surface area contributed by atoms with Crippen molar-refractivity contribution in [3.63, 3.8) is 0 Å². The first-order valence-corrected chi connectivity index (χ1v) is 11.3. The van der Waals surface area contributed by atoms with Crippen LogP contribution in [0.25, 0.3) is 0 Å². The van der Waals surface area contributed by atoms with Gasteiger partial charge in [0.25, 0.3) is 15.9 Å². The molecule has 0 saturated carbocycles. The highest BCUT2D eigenvalue weighted by atomic mass is 35.5. The number of nitrogens with one attached hydrogen (secondary N) is 1. The SMILES string of the molecule is Cc1ccc(N(CC(=O)N/N=C\c2ccc(C#N)cc2)S(=O)(=O)c2ccccc2)cc1Cl.